The van der Waals surface area contributed by atoms with Gasteiger partial charge in [0.2, 0.25) is 5.91 Å². The Balaban J connectivity index is 1.92. The highest BCUT2D eigenvalue weighted by Crippen LogP contribution is 2.33. The van der Waals surface area contributed by atoms with Gasteiger partial charge in [-0.1, -0.05) is 12.1 Å². The van der Waals surface area contributed by atoms with E-state index in [0.717, 1.165) is 10.4 Å². The second-order valence-electron chi connectivity index (χ2n) is 7.72. The Kier molecular flexibility index (Phi) is 8.18. The van der Waals surface area contributed by atoms with Gasteiger partial charge in [0.25, 0.3) is 10.0 Å². The molecule has 3 aromatic carbocycles. The maximum absolute atomic E-state index is 14.7. The van der Waals surface area contributed by atoms with Crippen LogP contribution < -0.4 is 23.8 Å². The number of rotatable bonds is 10. The van der Waals surface area contributed by atoms with Crippen molar-refractivity contribution in [3.05, 3.63) is 72.5 Å². The van der Waals surface area contributed by atoms with Crippen molar-refractivity contribution in [1.82, 2.24) is 0 Å². The smallest absolute Gasteiger partial charge is 0.265 e. The zero-order valence-electron chi connectivity index (χ0n) is 19.8. The van der Waals surface area contributed by atoms with Gasteiger partial charge in [-0.3, -0.25) is 9.10 Å². The first-order valence-corrected chi connectivity index (χ1v) is 12.2. The second kappa shape index (κ2) is 11.1. The highest BCUT2D eigenvalue weighted by atomic mass is 32.2. The van der Waals surface area contributed by atoms with E-state index in [1.165, 1.54) is 50.6 Å². The van der Waals surface area contributed by atoms with Gasteiger partial charge in [0.15, 0.2) is 11.5 Å². The number of sulfonamides is 1. The van der Waals surface area contributed by atoms with E-state index in [0.29, 0.717) is 17.2 Å². The van der Waals surface area contributed by atoms with Crippen LogP contribution in [0.3, 0.4) is 0 Å². The van der Waals surface area contributed by atoms with E-state index < -0.39 is 28.3 Å². The summed E-state index contributed by atoms with van der Waals surface area (Å²) in [7, 11) is -1.58. The minimum absolute atomic E-state index is 0.00782. The molecule has 0 aliphatic carbocycles. The molecule has 8 nitrogen and oxygen atoms in total. The normalized spacial score (nSPS) is 11.1. The van der Waals surface area contributed by atoms with Gasteiger partial charge < -0.3 is 19.5 Å². The number of hydrogen-bond donors (Lipinski definition) is 1. The van der Waals surface area contributed by atoms with Crippen LogP contribution in [0.25, 0.3) is 0 Å². The van der Waals surface area contributed by atoms with Crippen LogP contribution in [0, 0.1) is 5.82 Å². The summed E-state index contributed by atoms with van der Waals surface area (Å²) in [5, 5.41) is 2.64. The van der Waals surface area contributed by atoms with Crippen molar-refractivity contribution in [3.63, 3.8) is 0 Å². The number of carbonyl (C=O) groups excluding carboxylic acids is 1. The largest absolute Gasteiger partial charge is 0.493 e. The van der Waals surface area contributed by atoms with Gasteiger partial charge >= 0.3 is 0 Å². The summed E-state index contributed by atoms with van der Waals surface area (Å²) in [5.41, 5.74) is 0.168. The fourth-order valence-corrected chi connectivity index (χ4v) is 4.72. The first-order chi connectivity index (χ1) is 16.6. The molecule has 0 heterocycles. The Bertz CT molecular complexity index is 1280. The molecule has 35 heavy (non-hydrogen) atoms. The molecular formula is C25H27FN2O6S. The number of nitrogens with one attached hydrogen (secondary N) is 1. The Morgan fingerprint density at radius 1 is 0.971 bits per heavy atom. The van der Waals surface area contributed by atoms with Crippen molar-refractivity contribution in [1.29, 1.82) is 0 Å². The molecule has 0 atom stereocenters. The molecule has 1 N–H and O–H groups in total. The van der Waals surface area contributed by atoms with E-state index in [1.807, 2.05) is 13.8 Å². The van der Waals surface area contributed by atoms with Crippen molar-refractivity contribution >= 4 is 27.3 Å². The molecule has 0 aliphatic rings. The molecule has 0 unspecified atom stereocenters. The topological polar surface area (TPSA) is 94.2 Å². The van der Waals surface area contributed by atoms with E-state index in [-0.39, 0.29) is 22.4 Å². The standard InChI is InChI=1S/C25H27FN2O6S/c1-17(2)34-19-11-9-18(10-12-19)27-25(29)16-28(22-8-6-5-7-21(22)26)35(30,31)20-13-14-23(32-3)24(15-20)33-4/h5-15,17H,16H2,1-4H3,(H,27,29). The lowest BCUT2D eigenvalue weighted by molar-refractivity contribution is -0.114. The fraction of sp³-hybridized carbons (Fsp3) is 0.240. The molecule has 0 bridgehead atoms. The molecule has 3 aromatic rings. The van der Waals surface area contributed by atoms with Crippen LogP contribution in [-0.4, -0.2) is 41.2 Å². The molecule has 0 spiro atoms. The highest BCUT2D eigenvalue weighted by Gasteiger charge is 2.30. The number of methoxy groups -OCH3 is 2. The summed E-state index contributed by atoms with van der Waals surface area (Å²) in [5.74, 6) is -0.321. The minimum Gasteiger partial charge on any atom is -0.493 e. The fourth-order valence-electron chi connectivity index (χ4n) is 3.28. The van der Waals surface area contributed by atoms with E-state index >= 15 is 0 Å². The van der Waals surface area contributed by atoms with Crippen LogP contribution in [0.5, 0.6) is 17.2 Å². The number of benzene rings is 3. The van der Waals surface area contributed by atoms with Crippen LogP contribution >= 0.6 is 0 Å². The van der Waals surface area contributed by atoms with E-state index in [9.17, 15) is 17.6 Å². The van der Waals surface area contributed by atoms with Crippen molar-refractivity contribution < 1.29 is 31.8 Å². The molecule has 0 saturated carbocycles. The average molecular weight is 503 g/mol. The summed E-state index contributed by atoms with van der Waals surface area (Å²) in [6, 6.07) is 15.9. The predicted molar refractivity (Wildman–Crippen MR) is 131 cm³/mol. The summed E-state index contributed by atoms with van der Waals surface area (Å²) in [6.07, 6.45) is -0.00782. The number of nitrogens with zero attached hydrogens (tertiary/aromatic N) is 1. The molecule has 0 aliphatic heterocycles. The minimum atomic E-state index is -4.36. The molecule has 0 radical (unpaired) electrons. The van der Waals surface area contributed by atoms with Gasteiger partial charge in [0, 0.05) is 11.8 Å². The van der Waals surface area contributed by atoms with Crippen molar-refractivity contribution in [2.45, 2.75) is 24.8 Å². The predicted octanol–water partition coefficient (Wildman–Crippen LogP) is 4.46. The van der Waals surface area contributed by atoms with Crippen LogP contribution in [0.2, 0.25) is 0 Å². The van der Waals surface area contributed by atoms with Crippen LogP contribution in [0.15, 0.2) is 71.6 Å². The first kappa shape index (κ1) is 25.8. The quantitative estimate of drug-likeness (QED) is 0.440. The van der Waals surface area contributed by atoms with Crippen LogP contribution in [-0.2, 0) is 14.8 Å². The lowest BCUT2D eigenvalue weighted by Crippen LogP contribution is -2.38. The summed E-state index contributed by atoms with van der Waals surface area (Å²) < 4.78 is 58.4. The van der Waals surface area contributed by atoms with Gasteiger partial charge in [0.1, 0.15) is 18.1 Å². The summed E-state index contributed by atoms with van der Waals surface area (Å²) in [4.78, 5) is 12.7. The SMILES string of the molecule is COc1ccc(S(=O)(=O)N(CC(=O)Nc2ccc(OC(C)C)cc2)c2ccccc2F)cc1OC. The molecule has 186 valence electrons. The number of hydrogen-bond acceptors (Lipinski definition) is 6. The number of ether oxygens (including phenoxy) is 3. The number of carbonyl (C=O) groups is 1. The molecule has 0 saturated heterocycles. The number of para-hydroxylation sites is 1. The molecule has 0 aromatic heterocycles. The number of halogens is 1. The zero-order valence-corrected chi connectivity index (χ0v) is 20.6. The zero-order chi connectivity index (χ0) is 25.6. The third-order valence-corrected chi connectivity index (χ3v) is 6.62. The Labute approximate surface area is 204 Å². The highest BCUT2D eigenvalue weighted by molar-refractivity contribution is 7.92. The van der Waals surface area contributed by atoms with Crippen molar-refractivity contribution in [2.75, 3.05) is 30.4 Å². The van der Waals surface area contributed by atoms with Gasteiger partial charge in [-0.05, 0) is 62.4 Å². The van der Waals surface area contributed by atoms with E-state index in [2.05, 4.69) is 5.32 Å². The first-order valence-electron chi connectivity index (χ1n) is 10.7. The van der Waals surface area contributed by atoms with Crippen LogP contribution in [0.1, 0.15) is 13.8 Å². The Morgan fingerprint density at radius 3 is 2.23 bits per heavy atom. The molecular weight excluding hydrogens is 475 g/mol. The molecule has 3 rings (SSSR count). The third kappa shape index (κ3) is 6.21. The van der Waals surface area contributed by atoms with Crippen molar-refractivity contribution in [3.8, 4) is 17.2 Å². The maximum Gasteiger partial charge on any atom is 0.265 e. The van der Waals surface area contributed by atoms with Crippen LogP contribution in [0.4, 0.5) is 15.8 Å². The number of amides is 1. The Morgan fingerprint density at radius 2 is 1.63 bits per heavy atom. The van der Waals surface area contributed by atoms with Gasteiger partial charge in [-0.15, -0.1) is 0 Å². The van der Waals surface area contributed by atoms with Gasteiger partial charge in [0.05, 0.1) is 30.9 Å². The molecule has 0 fully saturated rings. The third-order valence-electron chi connectivity index (χ3n) is 4.86. The van der Waals surface area contributed by atoms with Gasteiger partial charge in [-0.25, -0.2) is 12.8 Å². The second-order valence-corrected chi connectivity index (χ2v) is 9.58. The summed E-state index contributed by atoms with van der Waals surface area (Å²) >= 11 is 0. The van der Waals surface area contributed by atoms with Crippen molar-refractivity contribution in [2.24, 2.45) is 0 Å². The summed E-state index contributed by atoms with van der Waals surface area (Å²) in [6.45, 7) is 3.12. The lowest BCUT2D eigenvalue weighted by atomic mass is 10.3. The van der Waals surface area contributed by atoms with E-state index in [4.69, 9.17) is 14.2 Å². The number of anilines is 2. The Hall–Kier alpha value is -3.79. The maximum atomic E-state index is 14.7. The average Bonchev–Trinajstić information content (AvgIpc) is 2.83. The lowest BCUT2D eigenvalue weighted by Gasteiger charge is -2.25. The van der Waals surface area contributed by atoms with Gasteiger partial charge in [-0.2, -0.15) is 0 Å². The molecule has 10 heteroatoms. The molecule has 1 amide bonds. The monoisotopic (exact) mass is 502 g/mol. The van der Waals surface area contributed by atoms with E-state index in [1.54, 1.807) is 24.3 Å².